The number of hydrogen-bond donors (Lipinski definition) is 20. The Morgan fingerprint density at radius 3 is 1.86 bits per heavy atom. The van der Waals surface area contributed by atoms with E-state index >= 15 is 0 Å². The van der Waals surface area contributed by atoms with E-state index in [2.05, 4.69) is 69.1 Å². The summed E-state index contributed by atoms with van der Waals surface area (Å²) in [7, 11) is 0. The summed E-state index contributed by atoms with van der Waals surface area (Å²) < 4.78 is 12.3. The fourth-order valence-corrected chi connectivity index (χ4v) is 16.9. The first-order chi connectivity index (χ1) is 64.2. The molecule has 24 N–H and O–H groups in total. The number of primary amides is 2. The Kier molecular flexibility index (Phi) is 33.1. The van der Waals surface area contributed by atoms with Gasteiger partial charge in [0.2, 0.25) is 82.8 Å². The zero-order chi connectivity index (χ0) is 96.1. The van der Waals surface area contributed by atoms with Gasteiger partial charge in [-0.25, -0.2) is 4.79 Å². The number of amides is 13. The van der Waals surface area contributed by atoms with Crippen LogP contribution in [0.15, 0.2) is 118 Å². The standard InChI is InChI=1S/C91H109N23O19S/c1-5-46(3)75-85(128)105-64(11-9-27-97-88(95)96)83(126)100-42-73(119)104-67(78(94)121)45-134-44-48-32-53(81(124)108-75)34-56(33-48)102-72(118)41-99-80(123)50-24-30-114(31-25-50)91-111-89(103-55-14-18-59(62(36-55)87(130)131)74-60-19-16-57(115)38-69(60)133-70-39-58(116)17-20-61(70)74)110-90(112-91)113-28-22-49(23-29-113)79(122)98-40-71(117)101-54-15-21-68-63(37-54)82(125)109-76(47(4)6-2)86(129)106-65(10-7-8-26-92)84(127)107-66-35-51(77(93)120)12-13-52(66)43-132-68/h12-21,32-39,46-47,49-50,64-65,67,75-76,115H,5-11,22-31,40-45,92H2,1-4H3,(H2,93,120)(H2,94,121)(H,98,122)(H,99,123)(H,100,126)(H,101,117)(H,102,118)(H,104,119)(H,105,128)(H,106,129)(H,107,127)(H,108,124)(H,109,125)(H,130,131)(H4,95,96,97)(H,103,110,111,112)/t46-,47-,64-,65-,67-,75-,76-/m0/s1. The number of aromatic nitrogens is 3. The maximum Gasteiger partial charge on any atom is 0.336 e. The zero-order valence-electron chi connectivity index (χ0n) is 74.1. The van der Waals surface area contributed by atoms with Crippen LogP contribution in [0.3, 0.4) is 0 Å². The lowest BCUT2D eigenvalue weighted by molar-refractivity contribution is -0.132. The number of phenolic OH excluding ortho intramolecular Hbond substituents is 1. The number of fused-ring (bicyclic) bond motifs is 6. The molecule has 2 fully saturated rings. The average molecular weight is 1860 g/mol. The summed E-state index contributed by atoms with van der Waals surface area (Å²) in [4.78, 5) is 223. The van der Waals surface area contributed by atoms with Crippen molar-refractivity contribution in [1.82, 2.24) is 62.8 Å². The fourth-order valence-electron chi connectivity index (χ4n) is 15.9. The molecule has 5 aromatic carbocycles. The second-order valence-electron chi connectivity index (χ2n) is 33.3. The Labute approximate surface area is 772 Å². The van der Waals surface area contributed by atoms with Gasteiger partial charge in [0, 0.05) is 124 Å². The molecule has 0 radical (unpaired) electrons. The quantitative estimate of drug-likeness (QED) is 0.0144. The first-order valence-corrected chi connectivity index (χ1v) is 45.2. The van der Waals surface area contributed by atoms with E-state index in [1.165, 1.54) is 84.9 Å². The molecule has 2 bridgehead atoms. The minimum Gasteiger partial charge on any atom is -0.508 e. The molecule has 0 spiro atoms. The molecule has 0 saturated carbocycles. The highest BCUT2D eigenvalue weighted by atomic mass is 32.2. The Balaban J connectivity index is 0.737. The first-order valence-electron chi connectivity index (χ1n) is 44.0. The number of phenols is 1. The number of carboxylic acid groups (broad SMARTS) is 1. The van der Waals surface area contributed by atoms with Crippen LogP contribution in [0, 0.1) is 29.1 Å². The highest BCUT2D eigenvalue weighted by Gasteiger charge is 2.37. The van der Waals surface area contributed by atoms with Crippen LogP contribution < -0.4 is 112 Å². The molecule has 13 amide bonds. The van der Waals surface area contributed by atoms with Crippen molar-refractivity contribution in [3.05, 3.63) is 153 Å². The molecule has 42 nitrogen and oxygen atoms in total. The number of rotatable bonds is 28. The van der Waals surface area contributed by atoms with Crippen LogP contribution in [0.25, 0.3) is 33.4 Å². The van der Waals surface area contributed by atoms with Crippen LogP contribution in [-0.2, 0) is 60.3 Å². The number of guanidine groups is 1. The molecule has 708 valence electrons. The van der Waals surface area contributed by atoms with Crippen molar-refractivity contribution in [3.63, 3.8) is 0 Å². The van der Waals surface area contributed by atoms with Gasteiger partial charge in [-0.1, -0.05) is 52.7 Å². The van der Waals surface area contributed by atoms with Gasteiger partial charge in [0.25, 0.3) is 11.8 Å². The molecule has 1 aliphatic carbocycles. The average Bonchev–Trinajstić information content (AvgIpc) is 0.744. The molecule has 6 aromatic rings. The molecule has 43 heteroatoms. The number of nitrogens with two attached hydrogens (primary N) is 4. The smallest absolute Gasteiger partial charge is 0.336 e. The number of ether oxygens (including phenoxy) is 1. The molecule has 12 rings (SSSR count). The van der Waals surface area contributed by atoms with E-state index in [1.54, 1.807) is 45.0 Å². The number of aromatic carboxylic acids is 1. The largest absolute Gasteiger partial charge is 0.508 e. The molecular formula is C91H109N23O19S. The molecule has 2 saturated heterocycles. The van der Waals surface area contributed by atoms with E-state index in [0.717, 1.165) is 11.8 Å². The molecule has 5 aliphatic heterocycles. The summed E-state index contributed by atoms with van der Waals surface area (Å²) in [5.74, 6) is -12.3. The SMILES string of the molecule is CC[C@H](C)[C@@H]1NC(=O)c2cc(cc(NC(=O)CNC(=O)C3CCN(c4nc(Nc5ccc(-c6c7ccc(=O)cc-7oc7cc(O)ccc67)c(C(=O)O)c5)nc(N5CCC(C(=O)NCC(=O)Nc6ccc7c(c6)C(=O)N[C@@H]([C@@H](C)CC)C(=O)N[C@@H](CCCCN)C(=O)Nc6cc(C(N)=O)ccc6CO7)CC5)n4)CC3)c2)CSC[C@@H](C(N)=O)NC(=O)CNC(=O)[C@H](CCCNC(=N)N)NC1=O. The van der Waals surface area contributed by atoms with Crippen LogP contribution in [-0.4, -0.2) is 209 Å². The summed E-state index contributed by atoms with van der Waals surface area (Å²) in [6.45, 7) is 6.59. The number of hydrogen-bond acceptors (Lipinski definition) is 27. The first kappa shape index (κ1) is 98.0. The predicted octanol–water partition coefficient (Wildman–Crippen LogP) is 3.45. The van der Waals surface area contributed by atoms with Crippen molar-refractivity contribution in [3.8, 4) is 33.9 Å². The summed E-state index contributed by atoms with van der Waals surface area (Å²) in [5, 5.41) is 65.1. The normalized spacial score (nSPS) is 18.5. The maximum atomic E-state index is 14.5. The van der Waals surface area contributed by atoms with Gasteiger partial charge < -0.3 is 121 Å². The van der Waals surface area contributed by atoms with Gasteiger partial charge in [-0.2, -0.15) is 26.7 Å². The number of benzene rings is 6. The van der Waals surface area contributed by atoms with Crippen molar-refractivity contribution in [2.24, 2.45) is 46.6 Å². The number of carbonyl (C=O) groups is 14. The van der Waals surface area contributed by atoms with Crippen LogP contribution in [0.2, 0.25) is 0 Å². The number of unbranched alkanes of at least 4 members (excludes halogenated alkanes) is 1. The zero-order valence-corrected chi connectivity index (χ0v) is 75.0. The van der Waals surface area contributed by atoms with Gasteiger partial charge in [-0.3, -0.25) is 72.5 Å². The van der Waals surface area contributed by atoms with E-state index in [1.807, 2.05) is 16.7 Å². The van der Waals surface area contributed by atoms with E-state index in [4.69, 9.17) is 52.4 Å². The van der Waals surface area contributed by atoms with Crippen molar-refractivity contribution in [1.29, 1.82) is 5.41 Å². The lowest BCUT2D eigenvalue weighted by Crippen LogP contribution is -2.56. The van der Waals surface area contributed by atoms with Crippen LogP contribution in [0.5, 0.6) is 11.5 Å². The molecule has 6 heterocycles. The van der Waals surface area contributed by atoms with E-state index < -0.39 is 156 Å². The van der Waals surface area contributed by atoms with Gasteiger partial charge in [0.1, 0.15) is 59.7 Å². The third kappa shape index (κ3) is 25.6. The third-order valence-corrected chi connectivity index (χ3v) is 24.8. The number of nitrogens with one attached hydrogen (secondary N) is 14. The van der Waals surface area contributed by atoms with Gasteiger partial charge in [0.05, 0.1) is 30.8 Å². The molecule has 1 aromatic heterocycles. The summed E-state index contributed by atoms with van der Waals surface area (Å²) in [6, 6.07) is 20.3. The number of aromatic hydroxyl groups is 1. The van der Waals surface area contributed by atoms with Crippen LogP contribution in [0.4, 0.5) is 40.6 Å². The molecule has 6 aliphatic rings. The van der Waals surface area contributed by atoms with Crippen molar-refractivity contribution >= 4 is 152 Å². The van der Waals surface area contributed by atoms with E-state index in [-0.39, 0.29) is 198 Å². The Morgan fingerprint density at radius 2 is 1.24 bits per heavy atom. The summed E-state index contributed by atoms with van der Waals surface area (Å²) in [5.41, 5.74) is 24.7. The van der Waals surface area contributed by atoms with E-state index in [0.29, 0.717) is 59.9 Å². The summed E-state index contributed by atoms with van der Waals surface area (Å²) >= 11 is 1.16. The second kappa shape index (κ2) is 45.2. The second-order valence-corrected chi connectivity index (χ2v) is 34.3. The number of carboxylic acids is 1. The van der Waals surface area contributed by atoms with Crippen molar-refractivity contribution in [2.75, 3.05) is 95.7 Å². The van der Waals surface area contributed by atoms with Gasteiger partial charge in [0.15, 0.2) is 11.4 Å². The number of anilines is 7. The maximum absolute atomic E-state index is 14.5. The summed E-state index contributed by atoms with van der Waals surface area (Å²) in [6.07, 6.45) is 3.24. The highest BCUT2D eigenvalue weighted by molar-refractivity contribution is 7.98. The van der Waals surface area contributed by atoms with E-state index in [9.17, 15) is 82.1 Å². The van der Waals surface area contributed by atoms with Gasteiger partial charge >= 0.3 is 5.97 Å². The third-order valence-electron chi connectivity index (χ3n) is 23.7. The van der Waals surface area contributed by atoms with Crippen LogP contribution in [0.1, 0.15) is 151 Å². The fraction of sp³-hybridized carbons (Fsp3) is 0.396. The monoisotopic (exact) mass is 1860 g/mol. The number of nitrogens with zero attached hydrogens (tertiary/aromatic N) is 5. The Hall–Kier alpha value is -15.0. The molecule has 7 atom stereocenters. The minimum atomic E-state index is -1.33. The number of piperidine rings is 2. The lowest BCUT2D eigenvalue weighted by atomic mass is 9.90. The van der Waals surface area contributed by atoms with Crippen molar-refractivity contribution < 1.29 is 86.5 Å². The van der Waals surface area contributed by atoms with Gasteiger partial charge in [-0.15, -0.1) is 0 Å². The molecular weight excluding hydrogens is 1750 g/mol. The van der Waals surface area contributed by atoms with Crippen molar-refractivity contribution in [2.45, 2.75) is 141 Å². The number of carbonyl (C=O) groups excluding carboxylic acids is 13. The highest BCUT2D eigenvalue weighted by Crippen LogP contribution is 2.43. The molecule has 134 heavy (non-hydrogen) atoms. The predicted molar refractivity (Wildman–Crippen MR) is 498 cm³/mol. The molecule has 0 unspecified atom stereocenters. The topological polar surface area (TPSA) is 648 Å². The van der Waals surface area contributed by atoms with Crippen LogP contribution >= 0.6 is 11.8 Å². The Bertz CT molecular complexity index is 5860. The lowest BCUT2D eigenvalue weighted by Gasteiger charge is -2.34. The van der Waals surface area contributed by atoms with Gasteiger partial charge in [-0.05, 0) is 172 Å². The minimum absolute atomic E-state index is 0.00742. The number of thioether (sulfide) groups is 1. The Morgan fingerprint density at radius 1 is 0.619 bits per heavy atom.